The third-order valence-corrected chi connectivity index (χ3v) is 5.86. The molecule has 0 aromatic heterocycles. The van der Waals surface area contributed by atoms with Crippen molar-refractivity contribution >= 4 is 11.6 Å². The maximum absolute atomic E-state index is 10.2. The van der Waals surface area contributed by atoms with Crippen LogP contribution in [0.5, 0.6) is 11.5 Å². The van der Waals surface area contributed by atoms with Crippen molar-refractivity contribution in [2.75, 3.05) is 13.1 Å². The number of halogens is 1. The minimum atomic E-state index is 0.205. The zero-order valence-corrected chi connectivity index (χ0v) is 16.4. The van der Waals surface area contributed by atoms with E-state index in [1.807, 2.05) is 48.5 Å². The summed E-state index contributed by atoms with van der Waals surface area (Å²) in [5, 5.41) is 21.2. The first kappa shape index (κ1) is 18.8. The molecule has 2 atom stereocenters. The maximum Gasteiger partial charge on any atom is 0.241 e. The zero-order chi connectivity index (χ0) is 19.5. The SMILES string of the molecule is Oc1ccccc1C[NH+]1CC[NH+](Cc2ccccc2O)C1c1ccc(Cl)cc1. The highest BCUT2D eigenvalue weighted by Crippen LogP contribution is 2.18. The summed E-state index contributed by atoms with van der Waals surface area (Å²) < 4.78 is 0. The molecule has 1 fully saturated rings. The molecule has 5 heteroatoms. The third kappa shape index (κ3) is 3.99. The Balaban J connectivity index is 1.63. The number of quaternary nitrogens is 2. The fourth-order valence-electron chi connectivity index (χ4n) is 4.22. The molecule has 0 amide bonds. The van der Waals surface area contributed by atoms with Gasteiger partial charge in [-0.05, 0) is 48.5 Å². The molecule has 1 saturated heterocycles. The lowest BCUT2D eigenvalue weighted by Crippen LogP contribution is -3.22. The molecule has 0 aliphatic carbocycles. The fraction of sp³-hybridized carbons (Fsp3) is 0.217. The van der Waals surface area contributed by atoms with Crippen LogP contribution in [0.25, 0.3) is 0 Å². The van der Waals surface area contributed by atoms with Gasteiger partial charge in [-0.1, -0.05) is 35.9 Å². The Kier molecular flexibility index (Phi) is 5.53. The first-order valence-electron chi connectivity index (χ1n) is 9.60. The van der Waals surface area contributed by atoms with Crippen LogP contribution in [0.3, 0.4) is 0 Å². The topological polar surface area (TPSA) is 49.3 Å². The van der Waals surface area contributed by atoms with E-state index in [0.717, 1.165) is 42.3 Å². The van der Waals surface area contributed by atoms with E-state index in [1.165, 1.54) is 15.4 Å². The molecule has 4 rings (SSSR count). The third-order valence-electron chi connectivity index (χ3n) is 5.61. The predicted octanol–water partition coefficient (Wildman–Crippen LogP) is 1.93. The van der Waals surface area contributed by atoms with Crippen molar-refractivity contribution in [3.8, 4) is 11.5 Å². The number of benzene rings is 3. The summed E-state index contributed by atoms with van der Waals surface area (Å²) >= 11 is 6.11. The van der Waals surface area contributed by atoms with Gasteiger partial charge in [0.15, 0.2) is 0 Å². The van der Waals surface area contributed by atoms with E-state index in [4.69, 9.17) is 11.6 Å². The van der Waals surface area contributed by atoms with Crippen LogP contribution in [0.1, 0.15) is 22.9 Å². The van der Waals surface area contributed by atoms with E-state index in [0.29, 0.717) is 11.5 Å². The van der Waals surface area contributed by atoms with Gasteiger partial charge in [0.05, 0.1) is 5.56 Å². The predicted molar refractivity (Wildman–Crippen MR) is 109 cm³/mol. The van der Waals surface area contributed by atoms with E-state index in [-0.39, 0.29) is 6.17 Å². The van der Waals surface area contributed by atoms with Gasteiger partial charge in [-0.25, -0.2) is 0 Å². The number of phenols is 2. The highest BCUT2D eigenvalue weighted by molar-refractivity contribution is 6.30. The van der Waals surface area contributed by atoms with Crippen molar-refractivity contribution < 1.29 is 20.0 Å². The quantitative estimate of drug-likeness (QED) is 0.532. The minimum Gasteiger partial charge on any atom is -0.507 e. The van der Waals surface area contributed by atoms with Crippen molar-refractivity contribution in [3.05, 3.63) is 94.5 Å². The molecule has 0 bridgehead atoms. The second-order valence-electron chi connectivity index (χ2n) is 7.41. The maximum atomic E-state index is 10.2. The Morgan fingerprint density at radius 1 is 0.714 bits per heavy atom. The molecule has 0 spiro atoms. The van der Waals surface area contributed by atoms with Crippen LogP contribution in [0.4, 0.5) is 0 Å². The molecule has 3 aromatic rings. The van der Waals surface area contributed by atoms with Crippen LogP contribution in [-0.2, 0) is 13.1 Å². The lowest BCUT2D eigenvalue weighted by atomic mass is 10.1. The van der Waals surface area contributed by atoms with Crippen LogP contribution in [0, 0.1) is 0 Å². The number of aromatic hydroxyl groups is 2. The second kappa shape index (κ2) is 8.23. The second-order valence-corrected chi connectivity index (χ2v) is 7.85. The highest BCUT2D eigenvalue weighted by atomic mass is 35.5. The van der Waals surface area contributed by atoms with Crippen LogP contribution in [0.2, 0.25) is 5.02 Å². The molecular weight excluding hydrogens is 372 g/mol. The number of hydrogen-bond acceptors (Lipinski definition) is 2. The molecule has 2 unspecified atom stereocenters. The number of hydrogen-bond donors (Lipinski definition) is 4. The normalized spacial score (nSPS) is 21.7. The van der Waals surface area contributed by atoms with E-state index < -0.39 is 0 Å². The first-order valence-corrected chi connectivity index (χ1v) is 9.98. The molecule has 144 valence electrons. The van der Waals surface area contributed by atoms with Crippen molar-refractivity contribution in [3.63, 3.8) is 0 Å². The molecular formula is C23H25ClN2O2+2. The molecule has 4 N–H and O–H groups in total. The Bertz CT molecular complexity index is 890. The summed E-state index contributed by atoms with van der Waals surface area (Å²) in [6.07, 6.45) is 0.205. The number of phenolic OH excluding ortho intramolecular Hbond substituents is 2. The lowest BCUT2D eigenvalue weighted by Gasteiger charge is -2.25. The standard InChI is InChI=1S/C23H23ClN2O2/c24-20-11-9-17(10-12-20)23-25(15-18-5-1-3-7-21(18)27)13-14-26(23)16-19-6-2-4-8-22(19)28/h1-12,23,27-28H,13-16H2/p+2. The van der Waals surface area contributed by atoms with Gasteiger partial charge in [-0.3, -0.25) is 9.80 Å². The van der Waals surface area contributed by atoms with Gasteiger partial charge in [0.25, 0.3) is 0 Å². The van der Waals surface area contributed by atoms with Gasteiger partial charge in [0, 0.05) is 16.1 Å². The van der Waals surface area contributed by atoms with E-state index in [2.05, 4.69) is 12.1 Å². The van der Waals surface area contributed by atoms with E-state index in [9.17, 15) is 10.2 Å². The summed E-state index contributed by atoms with van der Waals surface area (Å²) in [5.41, 5.74) is 3.14. The van der Waals surface area contributed by atoms with E-state index in [1.54, 1.807) is 12.1 Å². The smallest absolute Gasteiger partial charge is 0.241 e. The molecule has 0 saturated carbocycles. The van der Waals surface area contributed by atoms with Gasteiger partial charge in [0.2, 0.25) is 6.17 Å². The fourth-order valence-corrected chi connectivity index (χ4v) is 4.34. The lowest BCUT2D eigenvalue weighted by molar-refractivity contribution is -1.09. The van der Waals surface area contributed by atoms with Gasteiger partial charge < -0.3 is 10.2 Å². The Hall–Kier alpha value is -2.53. The molecule has 3 aromatic carbocycles. The summed E-state index contributed by atoms with van der Waals surface area (Å²) in [5.74, 6) is 0.693. The van der Waals surface area contributed by atoms with Crippen LogP contribution in [0.15, 0.2) is 72.8 Å². The molecule has 1 aliphatic rings. The molecule has 4 nitrogen and oxygen atoms in total. The molecule has 1 aliphatic heterocycles. The van der Waals surface area contributed by atoms with Gasteiger partial charge in [0.1, 0.15) is 37.7 Å². The number of para-hydroxylation sites is 2. The summed E-state index contributed by atoms with van der Waals surface area (Å²) in [6, 6.07) is 23.2. The zero-order valence-electron chi connectivity index (χ0n) is 15.6. The monoisotopic (exact) mass is 396 g/mol. The van der Waals surface area contributed by atoms with Crippen molar-refractivity contribution in [1.29, 1.82) is 0 Å². The molecule has 28 heavy (non-hydrogen) atoms. The average molecular weight is 397 g/mol. The van der Waals surface area contributed by atoms with Crippen LogP contribution in [-0.4, -0.2) is 23.3 Å². The van der Waals surface area contributed by atoms with Gasteiger partial charge in [-0.2, -0.15) is 0 Å². The van der Waals surface area contributed by atoms with Crippen LogP contribution >= 0.6 is 11.6 Å². The summed E-state index contributed by atoms with van der Waals surface area (Å²) in [7, 11) is 0. The van der Waals surface area contributed by atoms with Gasteiger partial charge in [-0.15, -0.1) is 0 Å². The van der Waals surface area contributed by atoms with Crippen molar-refractivity contribution in [1.82, 2.24) is 0 Å². The average Bonchev–Trinajstić information content (AvgIpc) is 3.08. The van der Waals surface area contributed by atoms with Crippen LogP contribution < -0.4 is 9.80 Å². The first-order chi connectivity index (χ1) is 13.6. The summed E-state index contributed by atoms with van der Waals surface area (Å²) in [6.45, 7) is 3.49. The summed E-state index contributed by atoms with van der Waals surface area (Å²) in [4.78, 5) is 2.79. The van der Waals surface area contributed by atoms with Crippen molar-refractivity contribution in [2.24, 2.45) is 0 Å². The number of rotatable bonds is 5. The largest absolute Gasteiger partial charge is 0.507 e. The molecule has 0 radical (unpaired) electrons. The Labute approximate surface area is 170 Å². The van der Waals surface area contributed by atoms with Crippen molar-refractivity contribution in [2.45, 2.75) is 19.3 Å². The Morgan fingerprint density at radius 3 is 1.64 bits per heavy atom. The highest BCUT2D eigenvalue weighted by Gasteiger charge is 2.41. The minimum absolute atomic E-state index is 0.205. The number of nitrogens with one attached hydrogen (secondary N) is 2. The van der Waals surface area contributed by atoms with Gasteiger partial charge >= 0.3 is 0 Å². The van der Waals surface area contributed by atoms with E-state index >= 15 is 0 Å². The molecule has 1 heterocycles. The Morgan fingerprint density at radius 2 is 1.18 bits per heavy atom.